The Bertz CT molecular complexity index is 1010. The first-order valence-corrected chi connectivity index (χ1v) is 8.21. The summed E-state index contributed by atoms with van der Waals surface area (Å²) in [5, 5.41) is 10.4. The van der Waals surface area contributed by atoms with Gasteiger partial charge in [-0.05, 0) is 37.3 Å². The second kappa shape index (κ2) is 7.06. The fraction of sp³-hybridized carbons (Fsp3) is 0.0500. The van der Waals surface area contributed by atoms with Crippen LogP contribution in [-0.2, 0) is 0 Å². The van der Waals surface area contributed by atoms with Gasteiger partial charge in [0.1, 0.15) is 28.7 Å². The van der Waals surface area contributed by atoms with Gasteiger partial charge in [0.15, 0.2) is 0 Å². The van der Waals surface area contributed by atoms with Crippen molar-refractivity contribution < 1.29 is 4.74 Å². The standard InChI is InChI=1S/C20H17N5O/c1-14-10-18(25-24-14)19-12-21-13-20(23-19)22-15-6-5-9-17(11-15)26-16-7-3-2-4-8-16/h2-13H,1H3,(H,22,23)(H,24,25). The van der Waals surface area contributed by atoms with Crippen LogP contribution in [0.4, 0.5) is 11.5 Å². The fourth-order valence-electron chi connectivity index (χ4n) is 2.51. The summed E-state index contributed by atoms with van der Waals surface area (Å²) in [5.41, 5.74) is 3.31. The second-order valence-electron chi connectivity index (χ2n) is 5.79. The Hall–Kier alpha value is -3.67. The first kappa shape index (κ1) is 15.8. The molecule has 0 radical (unpaired) electrons. The topological polar surface area (TPSA) is 75.7 Å². The van der Waals surface area contributed by atoms with Crippen molar-refractivity contribution in [2.24, 2.45) is 0 Å². The summed E-state index contributed by atoms with van der Waals surface area (Å²) in [6, 6.07) is 19.3. The van der Waals surface area contributed by atoms with E-state index in [0.717, 1.165) is 28.6 Å². The van der Waals surface area contributed by atoms with E-state index in [1.54, 1.807) is 12.4 Å². The molecule has 2 aromatic heterocycles. The van der Waals surface area contributed by atoms with Crippen molar-refractivity contribution in [3.8, 4) is 22.9 Å². The van der Waals surface area contributed by atoms with Crippen LogP contribution < -0.4 is 10.1 Å². The minimum absolute atomic E-state index is 0.639. The second-order valence-corrected chi connectivity index (χ2v) is 5.79. The number of hydrogen-bond donors (Lipinski definition) is 2. The lowest BCUT2D eigenvalue weighted by atomic mass is 10.3. The van der Waals surface area contributed by atoms with E-state index in [1.807, 2.05) is 67.6 Å². The number of aromatic amines is 1. The molecule has 128 valence electrons. The van der Waals surface area contributed by atoms with E-state index >= 15 is 0 Å². The molecule has 26 heavy (non-hydrogen) atoms. The number of aromatic nitrogens is 4. The highest BCUT2D eigenvalue weighted by Crippen LogP contribution is 2.25. The van der Waals surface area contributed by atoms with E-state index in [4.69, 9.17) is 4.74 Å². The van der Waals surface area contributed by atoms with Crippen LogP contribution in [0, 0.1) is 6.92 Å². The summed E-state index contributed by atoms with van der Waals surface area (Å²) in [6.45, 7) is 1.95. The number of benzene rings is 2. The zero-order chi connectivity index (χ0) is 17.8. The fourth-order valence-corrected chi connectivity index (χ4v) is 2.51. The highest BCUT2D eigenvalue weighted by molar-refractivity contribution is 5.61. The Labute approximate surface area is 150 Å². The molecular formula is C20H17N5O. The number of aryl methyl sites for hydroxylation is 1. The van der Waals surface area contributed by atoms with Crippen molar-refractivity contribution in [1.82, 2.24) is 20.2 Å². The van der Waals surface area contributed by atoms with Crippen LogP contribution >= 0.6 is 0 Å². The molecule has 0 saturated heterocycles. The third-order valence-corrected chi connectivity index (χ3v) is 3.69. The smallest absolute Gasteiger partial charge is 0.149 e. The third kappa shape index (κ3) is 3.70. The maximum atomic E-state index is 5.86. The van der Waals surface area contributed by atoms with Gasteiger partial charge in [-0.1, -0.05) is 24.3 Å². The summed E-state index contributed by atoms with van der Waals surface area (Å²) in [7, 11) is 0. The summed E-state index contributed by atoms with van der Waals surface area (Å²) >= 11 is 0. The SMILES string of the molecule is Cc1cc(-c2cncc(Nc3cccc(Oc4ccccc4)c3)n2)n[nH]1. The molecule has 4 rings (SSSR count). The summed E-state index contributed by atoms with van der Waals surface area (Å²) in [6.07, 6.45) is 3.36. The van der Waals surface area contributed by atoms with Gasteiger partial charge in [-0.15, -0.1) is 0 Å². The molecule has 2 aromatic carbocycles. The largest absolute Gasteiger partial charge is 0.457 e. The van der Waals surface area contributed by atoms with Crippen molar-refractivity contribution in [2.75, 3.05) is 5.32 Å². The first-order chi connectivity index (χ1) is 12.8. The van der Waals surface area contributed by atoms with Crippen LogP contribution in [0.1, 0.15) is 5.69 Å². The van der Waals surface area contributed by atoms with Gasteiger partial charge in [-0.25, -0.2) is 4.98 Å². The molecule has 2 heterocycles. The van der Waals surface area contributed by atoms with Gasteiger partial charge in [0.2, 0.25) is 0 Å². The molecule has 0 bridgehead atoms. The van der Waals surface area contributed by atoms with Gasteiger partial charge >= 0.3 is 0 Å². The van der Waals surface area contributed by atoms with Crippen LogP contribution in [0.2, 0.25) is 0 Å². The molecule has 0 atom stereocenters. The maximum absolute atomic E-state index is 5.86. The monoisotopic (exact) mass is 343 g/mol. The number of ether oxygens (including phenoxy) is 1. The van der Waals surface area contributed by atoms with E-state index in [1.165, 1.54) is 0 Å². The zero-order valence-electron chi connectivity index (χ0n) is 14.2. The minimum atomic E-state index is 0.639. The molecule has 6 heteroatoms. The van der Waals surface area contributed by atoms with Crippen LogP contribution in [0.15, 0.2) is 73.1 Å². The van der Waals surface area contributed by atoms with Crippen LogP contribution in [0.3, 0.4) is 0 Å². The van der Waals surface area contributed by atoms with E-state index in [0.29, 0.717) is 11.5 Å². The molecule has 0 spiro atoms. The third-order valence-electron chi connectivity index (χ3n) is 3.69. The Balaban J connectivity index is 1.53. The quantitative estimate of drug-likeness (QED) is 0.549. The number of anilines is 2. The highest BCUT2D eigenvalue weighted by atomic mass is 16.5. The summed E-state index contributed by atoms with van der Waals surface area (Å²) in [4.78, 5) is 8.81. The first-order valence-electron chi connectivity index (χ1n) is 8.21. The predicted molar refractivity (Wildman–Crippen MR) is 101 cm³/mol. The van der Waals surface area contributed by atoms with Gasteiger partial charge in [0.05, 0.1) is 12.4 Å². The van der Waals surface area contributed by atoms with Crippen LogP contribution in [0.25, 0.3) is 11.4 Å². The average Bonchev–Trinajstić information content (AvgIpc) is 3.10. The van der Waals surface area contributed by atoms with Crippen molar-refractivity contribution in [2.45, 2.75) is 6.92 Å². The number of hydrogen-bond acceptors (Lipinski definition) is 5. The number of H-pyrrole nitrogens is 1. The van der Waals surface area contributed by atoms with Crippen molar-refractivity contribution in [3.63, 3.8) is 0 Å². The molecule has 6 nitrogen and oxygen atoms in total. The molecular weight excluding hydrogens is 326 g/mol. The van der Waals surface area contributed by atoms with Gasteiger partial charge in [-0.2, -0.15) is 5.10 Å². The van der Waals surface area contributed by atoms with E-state index in [9.17, 15) is 0 Å². The van der Waals surface area contributed by atoms with E-state index in [-0.39, 0.29) is 0 Å². The number of nitrogens with one attached hydrogen (secondary N) is 2. The predicted octanol–water partition coefficient (Wildman–Crippen LogP) is 4.71. The lowest BCUT2D eigenvalue weighted by Gasteiger charge is -2.09. The minimum Gasteiger partial charge on any atom is -0.457 e. The van der Waals surface area contributed by atoms with Gasteiger partial charge < -0.3 is 10.1 Å². The van der Waals surface area contributed by atoms with Gasteiger partial charge in [0.25, 0.3) is 0 Å². The van der Waals surface area contributed by atoms with Crippen LogP contribution in [-0.4, -0.2) is 20.2 Å². The zero-order valence-corrected chi connectivity index (χ0v) is 14.2. The lowest BCUT2D eigenvalue weighted by Crippen LogP contribution is -1.96. The molecule has 0 aliphatic heterocycles. The highest BCUT2D eigenvalue weighted by Gasteiger charge is 2.06. The number of nitrogens with zero attached hydrogens (tertiary/aromatic N) is 3. The van der Waals surface area contributed by atoms with E-state index in [2.05, 4.69) is 25.5 Å². The molecule has 0 amide bonds. The molecule has 0 saturated carbocycles. The van der Waals surface area contributed by atoms with Gasteiger partial charge in [0, 0.05) is 17.4 Å². The molecule has 0 unspecified atom stereocenters. The van der Waals surface area contributed by atoms with Crippen molar-refractivity contribution >= 4 is 11.5 Å². The average molecular weight is 343 g/mol. The maximum Gasteiger partial charge on any atom is 0.149 e. The summed E-state index contributed by atoms with van der Waals surface area (Å²) < 4.78 is 5.86. The van der Waals surface area contributed by atoms with Crippen molar-refractivity contribution in [3.05, 3.63) is 78.8 Å². The van der Waals surface area contributed by atoms with Gasteiger partial charge in [-0.3, -0.25) is 10.1 Å². The number of rotatable bonds is 5. The normalized spacial score (nSPS) is 10.5. The number of para-hydroxylation sites is 1. The Morgan fingerprint density at radius 3 is 2.54 bits per heavy atom. The molecule has 2 N–H and O–H groups in total. The molecule has 0 aliphatic carbocycles. The Morgan fingerprint density at radius 1 is 0.885 bits per heavy atom. The van der Waals surface area contributed by atoms with E-state index < -0.39 is 0 Å². The lowest BCUT2D eigenvalue weighted by molar-refractivity contribution is 0.483. The summed E-state index contributed by atoms with van der Waals surface area (Å²) in [5.74, 6) is 2.17. The van der Waals surface area contributed by atoms with Crippen LogP contribution in [0.5, 0.6) is 11.5 Å². The van der Waals surface area contributed by atoms with Crippen molar-refractivity contribution in [1.29, 1.82) is 0 Å². The molecule has 4 aromatic rings. The Kier molecular flexibility index (Phi) is 4.30. The Morgan fingerprint density at radius 2 is 1.73 bits per heavy atom. The molecule has 0 fully saturated rings. The molecule has 0 aliphatic rings.